The number of aliphatic hydroxyl groups excluding tert-OH is 4. The van der Waals surface area contributed by atoms with Gasteiger partial charge in [-0.2, -0.15) is 0 Å². The number of likely N-dealkylation sites (N-methyl/N-ethyl adjacent to an activating group) is 1. The zero-order valence-electron chi connectivity index (χ0n) is 30.5. The lowest BCUT2D eigenvalue weighted by Crippen LogP contribution is -2.62. The van der Waals surface area contributed by atoms with E-state index in [0.29, 0.717) is 6.42 Å². The van der Waals surface area contributed by atoms with Crippen LogP contribution in [-0.2, 0) is 40.0 Å². The van der Waals surface area contributed by atoms with E-state index in [2.05, 4.69) is 31.9 Å². The second kappa shape index (κ2) is 23.1. The third-order valence-electron chi connectivity index (χ3n) is 8.79. The Morgan fingerprint density at radius 2 is 1.67 bits per heavy atom. The lowest BCUT2D eigenvalue weighted by atomic mass is 10.0. The van der Waals surface area contributed by atoms with Gasteiger partial charge in [-0.3, -0.25) is 33.6 Å². The van der Waals surface area contributed by atoms with Crippen molar-refractivity contribution in [3.05, 3.63) is 35.9 Å². The summed E-state index contributed by atoms with van der Waals surface area (Å²) < 4.78 is 0. The van der Waals surface area contributed by atoms with Crippen LogP contribution in [0.15, 0.2) is 30.3 Å². The zero-order valence-corrected chi connectivity index (χ0v) is 30.5. The van der Waals surface area contributed by atoms with Gasteiger partial charge < -0.3 is 68.7 Å². The Morgan fingerprint density at radius 1 is 0.981 bits per heavy atom. The fourth-order valence-corrected chi connectivity index (χ4v) is 5.65. The minimum atomic E-state index is -1.67. The van der Waals surface area contributed by atoms with Crippen LogP contribution in [0.5, 0.6) is 0 Å². The van der Waals surface area contributed by atoms with Crippen molar-refractivity contribution in [1.29, 1.82) is 0 Å². The molecular weight excluding hydrogens is 710 g/mol. The minimum Gasteiger partial charge on any atom is -0.394 e. The molecule has 7 amide bonds. The molecule has 1 aliphatic rings. The molecule has 8 atom stereocenters. The smallest absolute Gasteiger partial charge is 0.246 e. The maximum Gasteiger partial charge on any atom is 0.246 e. The average Bonchev–Trinajstić information content (AvgIpc) is 3.14. The molecule has 1 aromatic rings. The fourth-order valence-electron chi connectivity index (χ4n) is 5.65. The van der Waals surface area contributed by atoms with Gasteiger partial charge in [-0.25, -0.2) is 0 Å². The Bertz CT molecular complexity index is 1420. The molecule has 54 heavy (non-hydrogen) atoms. The molecule has 1 saturated heterocycles. The van der Waals surface area contributed by atoms with Gasteiger partial charge in [0, 0.05) is 26.6 Å². The van der Waals surface area contributed by atoms with Crippen LogP contribution in [-0.4, -0.2) is 155 Å². The average molecular weight is 766 g/mol. The predicted octanol–water partition coefficient (Wildman–Crippen LogP) is -5.80. The minimum absolute atomic E-state index is 0.0236. The molecule has 0 saturated carbocycles. The van der Waals surface area contributed by atoms with Crippen LogP contribution in [0.1, 0.15) is 44.6 Å². The van der Waals surface area contributed by atoms with Crippen molar-refractivity contribution in [2.45, 2.75) is 93.8 Å². The van der Waals surface area contributed by atoms with Crippen molar-refractivity contribution in [3.63, 3.8) is 0 Å². The Hall–Kier alpha value is -4.73. The maximum atomic E-state index is 13.6. The van der Waals surface area contributed by atoms with Crippen molar-refractivity contribution in [1.82, 2.24) is 36.8 Å². The molecule has 302 valence electrons. The Kier molecular flexibility index (Phi) is 19.5. The first-order chi connectivity index (χ1) is 25.6. The number of amides is 7. The van der Waals surface area contributed by atoms with Gasteiger partial charge in [0.25, 0.3) is 0 Å². The summed E-state index contributed by atoms with van der Waals surface area (Å²) in [6.45, 7) is -0.976. The topological polar surface area (TPSA) is 328 Å². The van der Waals surface area contributed by atoms with Crippen molar-refractivity contribution in [3.8, 4) is 0 Å². The molecule has 1 fully saturated rings. The number of carbonyl (C=O) groups excluding carboxylic acids is 7. The van der Waals surface area contributed by atoms with E-state index >= 15 is 0 Å². The molecule has 20 nitrogen and oxygen atoms in total. The molecule has 14 N–H and O–H groups in total. The fraction of sp³-hybridized carbons (Fsp3) is 0.618. The summed E-state index contributed by atoms with van der Waals surface area (Å²) >= 11 is 0. The van der Waals surface area contributed by atoms with Crippen molar-refractivity contribution >= 4 is 41.4 Å². The van der Waals surface area contributed by atoms with Gasteiger partial charge in [0.2, 0.25) is 41.4 Å². The second-order valence-corrected chi connectivity index (χ2v) is 13.1. The van der Waals surface area contributed by atoms with E-state index in [-0.39, 0.29) is 45.2 Å². The van der Waals surface area contributed by atoms with Gasteiger partial charge in [0.05, 0.1) is 38.0 Å². The third kappa shape index (κ3) is 14.6. The lowest BCUT2D eigenvalue weighted by molar-refractivity contribution is -0.146. The second-order valence-electron chi connectivity index (χ2n) is 13.1. The standard InChI is InChI=1S/C34H55N9O11/c1-19(47)28-33(53)42-26(18-46)32(52)40-23(31(51)39-21(16-44)15-38-25(29(36)49)14-20-8-4-3-5-9-20)10-6-7-13-37-27(48)12-11-24(34(54)43(28)2)41-30(50)22(35)17-45/h3-5,8-9,19,21-26,28,38,44-47H,6-7,10-18,35H2,1-2H3,(H2,36,49)(H,37,48)(H,39,51)(H,40,52)(H,41,50)(H,42,53). The highest BCUT2D eigenvalue weighted by molar-refractivity contribution is 5.96. The number of hydrogen-bond acceptors (Lipinski definition) is 13. The van der Waals surface area contributed by atoms with E-state index in [1.807, 2.05) is 18.2 Å². The Balaban J connectivity index is 2.28. The molecule has 1 aliphatic heterocycles. The van der Waals surface area contributed by atoms with Crippen LogP contribution in [0.2, 0.25) is 0 Å². The number of carbonyl (C=O) groups is 7. The first-order valence-corrected chi connectivity index (χ1v) is 17.7. The summed E-state index contributed by atoms with van der Waals surface area (Å²) in [5, 5.41) is 55.3. The van der Waals surface area contributed by atoms with E-state index in [4.69, 9.17) is 11.5 Å². The lowest BCUT2D eigenvalue weighted by Gasteiger charge is -2.33. The van der Waals surface area contributed by atoms with Crippen LogP contribution in [0.3, 0.4) is 0 Å². The highest BCUT2D eigenvalue weighted by atomic mass is 16.3. The van der Waals surface area contributed by atoms with Gasteiger partial charge in [-0.1, -0.05) is 30.3 Å². The van der Waals surface area contributed by atoms with E-state index in [1.54, 1.807) is 12.1 Å². The number of nitrogens with one attached hydrogen (secondary N) is 6. The van der Waals surface area contributed by atoms with Gasteiger partial charge in [-0.15, -0.1) is 0 Å². The Morgan fingerprint density at radius 3 is 2.26 bits per heavy atom. The monoisotopic (exact) mass is 765 g/mol. The van der Waals surface area contributed by atoms with Gasteiger partial charge in [0.15, 0.2) is 0 Å². The van der Waals surface area contributed by atoms with Crippen LogP contribution >= 0.6 is 0 Å². The number of benzene rings is 1. The molecule has 0 radical (unpaired) electrons. The number of hydrogen-bond donors (Lipinski definition) is 12. The van der Waals surface area contributed by atoms with Gasteiger partial charge in [-0.05, 0) is 44.6 Å². The highest BCUT2D eigenvalue weighted by Crippen LogP contribution is 2.11. The molecule has 0 spiro atoms. The summed E-state index contributed by atoms with van der Waals surface area (Å²) in [4.78, 5) is 92.0. The van der Waals surface area contributed by atoms with Crippen molar-refractivity contribution < 1.29 is 54.0 Å². The first kappa shape index (κ1) is 45.4. The van der Waals surface area contributed by atoms with Crippen LogP contribution in [0.4, 0.5) is 0 Å². The summed E-state index contributed by atoms with van der Waals surface area (Å²) in [5.41, 5.74) is 12.0. The number of aliphatic hydroxyl groups is 4. The molecular formula is C34H55N9O11. The third-order valence-corrected chi connectivity index (χ3v) is 8.79. The van der Waals surface area contributed by atoms with Crippen LogP contribution < -0.4 is 43.4 Å². The quantitative estimate of drug-likeness (QED) is 0.0841. The molecule has 0 bridgehead atoms. The van der Waals surface area contributed by atoms with Crippen LogP contribution in [0.25, 0.3) is 0 Å². The zero-order chi connectivity index (χ0) is 40.4. The number of nitrogens with two attached hydrogens (primary N) is 2. The molecule has 1 heterocycles. The number of primary amides is 1. The van der Waals surface area contributed by atoms with Gasteiger partial charge >= 0.3 is 0 Å². The molecule has 0 aliphatic carbocycles. The molecule has 20 heteroatoms. The largest absolute Gasteiger partial charge is 0.394 e. The van der Waals surface area contributed by atoms with E-state index in [0.717, 1.165) is 17.5 Å². The van der Waals surface area contributed by atoms with Crippen molar-refractivity contribution in [2.75, 3.05) is 40.0 Å². The number of nitrogens with zero attached hydrogens (tertiary/aromatic N) is 1. The van der Waals surface area contributed by atoms with E-state index in [9.17, 15) is 54.0 Å². The summed E-state index contributed by atoms with van der Waals surface area (Å²) in [6, 6.07) is -0.0644. The first-order valence-electron chi connectivity index (χ1n) is 17.7. The predicted molar refractivity (Wildman–Crippen MR) is 192 cm³/mol. The summed E-state index contributed by atoms with van der Waals surface area (Å²) in [5.74, 6) is -5.73. The summed E-state index contributed by atoms with van der Waals surface area (Å²) in [7, 11) is 1.15. The van der Waals surface area contributed by atoms with Crippen LogP contribution in [0, 0.1) is 0 Å². The highest BCUT2D eigenvalue weighted by Gasteiger charge is 2.38. The SMILES string of the molecule is CC(O)C1C(=O)NC(CO)C(=O)NC(C(=O)NC(CO)CNC(Cc2ccccc2)C(N)=O)CCCCNC(=O)CCC(NC(=O)C(N)CO)C(=O)N1C. The molecule has 0 aromatic heterocycles. The van der Waals surface area contributed by atoms with E-state index < -0.39 is 110 Å². The normalized spacial score (nSPS) is 23.3. The maximum absolute atomic E-state index is 13.6. The van der Waals surface area contributed by atoms with Crippen molar-refractivity contribution in [2.24, 2.45) is 11.5 Å². The summed E-state index contributed by atoms with van der Waals surface area (Å²) in [6.07, 6.45) is -1.16. The van der Waals surface area contributed by atoms with Gasteiger partial charge in [0.1, 0.15) is 30.2 Å². The molecule has 1 aromatic carbocycles. The van der Waals surface area contributed by atoms with E-state index in [1.165, 1.54) is 6.92 Å². The molecule has 2 rings (SSSR count). The Labute approximate surface area is 313 Å². The number of rotatable bonds is 14. The molecule has 8 unspecified atom stereocenters.